The summed E-state index contributed by atoms with van der Waals surface area (Å²) >= 11 is 3.53. The molecule has 0 fully saturated rings. The van der Waals surface area contributed by atoms with Crippen LogP contribution in [0.4, 0.5) is 0 Å². The standard InChI is InChI=1S/C6H5N3O.CH4S/c10-6-5-4(1-2-7-5)8-3-9-6;1-2/h1-3,7H,(H,8,9,10);2H,1H3. The molecule has 0 radical (unpaired) electrons. The summed E-state index contributed by atoms with van der Waals surface area (Å²) in [5, 5.41) is 0. The molecule has 2 aromatic rings. The molecule has 2 rings (SSSR count). The minimum atomic E-state index is -0.130. The number of hydrogen-bond acceptors (Lipinski definition) is 3. The van der Waals surface area contributed by atoms with Gasteiger partial charge in [-0.2, -0.15) is 12.6 Å². The van der Waals surface area contributed by atoms with Crippen molar-refractivity contribution in [3.63, 3.8) is 0 Å². The van der Waals surface area contributed by atoms with Crippen molar-refractivity contribution in [2.24, 2.45) is 0 Å². The Morgan fingerprint density at radius 1 is 1.42 bits per heavy atom. The van der Waals surface area contributed by atoms with Gasteiger partial charge in [0.1, 0.15) is 5.52 Å². The average Bonchev–Trinajstić information content (AvgIpc) is 2.57. The highest BCUT2D eigenvalue weighted by molar-refractivity contribution is 7.79. The van der Waals surface area contributed by atoms with E-state index in [0.29, 0.717) is 11.0 Å². The number of H-pyrrole nitrogens is 2. The van der Waals surface area contributed by atoms with Gasteiger partial charge in [-0.25, -0.2) is 4.98 Å². The zero-order chi connectivity index (χ0) is 8.97. The Bertz CT molecular complexity index is 406. The molecular weight excluding hydrogens is 174 g/mol. The molecule has 12 heavy (non-hydrogen) atoms. The number of thiol groups is 1. The number of fused-ring (bicyclic) bond motifs is 1. The molecule has 2 N–H and O–H groups in total. The fourth-order valence-corrected chi connectivity index (χ4v) is 0.883. The maximum absolute atomic E-state index is 10.9. The zero-order valence-corrected chi connectivity index (χ0v) is 7.43. The molecule has 2 aromatic heterocycles. The van der Waals surface area contributed by atoms with Gasteiger partial charge in [0, 0.05) is 6.20 Å². The van der Waals surface area contributed by atoms with E-state index in [4.69, 9.17) is 0 Å². The Balaban J connectivity index is 0.000000336. The Kier molecular flexibility index (Phi) is 2.93. The Morgan fingerprint density at radius 2 is 2.17 bits per heavy atom. The van der Waals surface area contributed by atoms with Crippen LogP contribution in [-0.2, 0) is 0 Å². The van der Waals surface area contributed by atoms with Crippen molar-refractivity contribution in [2.45, 2.75) is 0 Å². The fraction of sp³-hybridized carbons (Fsp3) is 0.143. The second kappa shape index (κ2) is 3.96. The second-order valence-electron chi connectivity index (χ2n) is 1.97. The van der Waals surface area contributed by atoms with E-state index < -0.39 is 0 Å². The highest BCUT2D eigenvalue weighted by Crippen LogP contribution is 1.99. The molecule has 0 aromatic carbocycles. The summed E-state index contributed by atoms with van der Waals surface area (Å²) in [6.07, 6.45) is 4.77. The van der Waals surface area contributed by atoms with Crippen LogP contribution >= 0.6 is 12.6 Å². The maximum Gasteiger partial charge on any atom is 0.275 e. The lowest BCUT2D eigenvalue weighted by Crippen LogP contribution is -2.05. The Hall–Kier alpha value is -1.23. The highest BCUT2D eigenvalue weighted by Gasteiger charge is 1.96. The molecule has 0 atom stereocenters. The van der Waals surface area contributed by atoms with Crippen LogP contribution in [-0.4, -0.2) is 21.2 Å². The highest BCUT2D eigenvalue weighted by atomic mass is 32.1. The van der Waals surface area contributed by atoms with E-state index in [0.717, 1.165) is 0 Å². The summed E-state index contributed by atoms with van der Waals surface area (Å²) in [5.74, 6) is 0. The van der Waals surface area contributed by atoms with Crippen molar-refractivity contribution in [3.05, 3.63) is 28.9 Å². The van der Waals surface area contributed by atoms with E-state index in [1.165, 1.54) is 6.33 Å². The number of hydrogen-bond donors (Lipinski definition) is 3. The van der Waals surface area contributed by atoms with E-state index in [1.807, 2.05) is 0 Å². The van der Waals surface area contributed by atoms with Gasteiger partial charge >= 0.3 is 0 Å². The summed E-state index contributed by atoms with van der Waals surface area (Å²) in [5.41, 5.74) is 1.10. The first-order valence-electron chi connectivity index (χ1n) is 3.33. The predicted octanol–water partition coefficient (Wildman–Crippen LogP) is 0.797. The third kappa shape index (κ3) is 1.50. The molecule has 2 heterocycles. The minimum Gasteiger partial charge on any atom is -0.355 e. The molecule has 4 nitrogen and oxygen atoms in total. The first-order valence-corrected chi connectivity index (χ1v) is 4.23. The van der Waals surface area contributed by atoms with Crippen molar-refractivity contribution in [2.75, 3.05) is 6.26 Å². The molecule has 0 aliphatic heterocycles. The Labute approximate surface area is 74.4 Å². The molecule has 64 valence electrons. The van der Waals surface area contributed by atoms with Crippen LogP contribution in [0.5, 0.6) is 0 Å². The van der Waals surface area contributed by atoms with Crippen LogP contribution in [0.15, 0.2) is 23.4 Å². The number of nitrogens with zero attached hydrogens (tertiary/aromatic N) is 1. The van der Waals surface area contributed by atoms with E-state index in [1.54, 1.807) is 18.5 Å². The van der Waals surface area contributed by atoms with Crippen LogP contribution in [0.2, 0.25) is 0 Å². The normalized spacial score (nSPS) is 9.17. The molecule has 0 aliphatic rings. The predicted molar refractivity (Wildman–Crippen MR) is 51.6 cm³/mol. The first-order chi connectivity index (χ1) is 5.88. The molecular formula is C7H9N3OS. The molecule has 0 bridgehead atoms. The van der Waals surface area contributed by atoms with Crippen LogP contribution in [0, 0.1) is 0 Å². The zero-order valence-electron chi connectivity index (χ0n) is 6.53. The first kappa shape index (κ1) is 8.86. The van der Waals surface area contributed by atoms with E-state index in [-0.39, 0.29) is 5.56 Å². The summed E-state index contributed by atoms with van der Waals surface area (Å²) in [7, 11) is 0. The van der Waals surface area contributed by atoms with E-state index >= 15 is 0 Å². The van der Waals surface area contributed by atoms with Gasteiger partial charge in [0.25, 0.3) is 5.56 Å². The molecule has 0 saturated carbocycles. The van der Waals surface area contributed by atoms with Crippen LogP contribution < -0.4 is 5.56 Å². The van der Waals surface area contributed by atoms with Gasteiger partial charge in [-0.1, -0.05) is 0 Å². The van der Waals surface area contributed by atoms with Crippen molar-refractivity contribution in [1.29, 1.82) is 0 Å². The molecule has 0 unspecified atom stereocenters. The monoisotopic (exact) mass is 183 g/mol. The van der Waals surface area contributed by atoms with Crippen LogP contribution in [0.3, 0.4) is 0 Å². The fourth-order valence-electron chi connectivity index (χ4n) is 0.883. The van der Waals surface area contributed by atoms with Crippen molar-refractivity contribution < 1.29 is 0 Å². The SMILES string of the molecule is CS.O=c1[nH]cnc2cc[nH]c12. The van der Waals surface area contributed by atoms with Gasteiger partial charge < -0.3 is 9.97 Å². The quantitative estimate of drug-likeness (QED) is 0.529. The largest absolute Gasteiger partial charge is 0.355 e. The lowest BCUT2D eigenvalue weighted by molar-refractivity contribution is 1.16. The van der Waals surface area contributed by atoms with Crippen LogP contribution in [0.1, 0.15) is 0 Å². The third-order valence-corrected chi connectivity index (χ3v) is 1.35. The summed E-state index contributed by atoms with van der Waals surface area (Å²) in [4.78, 5) is 20.1. The van der Waals surface area contributed by atoms with Crippen molar-refractivity contribution in [3.8, 4) is 0 Å². The van der Waals surface area contributed by atoms with Gasteiger partial charge in [0.05, 0.1) is 11.8 Å². The number of aromatic nitrogens is 3. The van der Waals surface area contributed by atoms with Gasteiger partial charge in [-0.05, 0) is 12.3 Å². The Morgan fingerprint density at radius 3 is 2.83 bits per heavy atom. The average molecular weight is 183 g/mol. The lowest BCUT2D eigenvalue weighted by Gasteiger charge is -1.83. The second-order valence-corrected chi connectivity index (χ2v) is 1.97. The van der Waals surface area contributed by atoms with Gasteiger partial charge in [-0.3, -0.25) is 4.79 Å². The third-order valence-electron chi connectivity index (χ3n) is 1.35. The molecule has 0 aliphatic carbocycles. The summed E-state index contributed by atoms with van der Waals surface area (Å²) in [6.45, 7) is 0. The molecule has 5 heteroatoms. The van der Waals surface area contributed by atoms with Crippen LogP contribution in [0.25, 0.3) is 11.0 Å². The van der Waals surface area contributed by atoms with E-state index in [2.05, 4.69) is 27.6 Å². The minimum absolute atomic E-state index is 0.130. The lowest BCUT2D eigenvalue weighted by atomic mass is 10.5. The number of aromatic amines is 2. The van der Waals surface area contributed by atoms with Crippen molar-refractivity contribution in [1.82, 2.24) is 15.0 Å². The number of nitrogens with one attached hydrogen (secondary N) is 2. The number of rotatable bonds is 0. The van der Waals surface area contributed by atoms with Gasteiger partial charge in [-0.15, -0.1) is 0 Å². The molecule has 0 spiro atoms. The van der Waals surface area contributed by atoms with E-state index in [9.17, 15) is 4.79 Å². The smallest absolute Gasteiger partial charge is 0.275 e. The summed E-state index contributed by atoms with van der Waals surface area (Å²) < 4.78 is 0. The van der Waals surface area contributed by atoms with Crippen molar-refractivity contribution >= 4 is 23.7 Å². The molecule has 0 saturated heterocycles. The topological polar surface area (TPSA) is 61.5 Å². The van der Waals surface area contributed by atoms with Gasteiger partial charge in [0.2, 0.25) is 0 Å². The summed E-state index contributed by atoms with van der Waals surface area (Å²) in [6, 6.07) is 1.75. The maximum atomic E-state index is 10.9. The molecule has 0 amide bonds. The van der Waals surface area contributed by atoms with Gasteiger partial charge in [0.15, 0.2) is 0 Å².